The van der Waals surface area contributed by atoms with Crippen molar-refractivity contribution < 1.29 is 9.53 Å². The molecule has 3 heteroatoms. The lowest BCUT2D eigenvalue weighted by atomic mass is 9.88. The summed E-state index contributed by atoms with van der Waals surface area (Å²) in [5, 5.41) is 0. The summed E-state index contributed by atoms with van der Waals surface area (Å²) in [4.78, 5) is 12.4. The van der Waals surface area contributed by atoms with Crippen LogP contribution in [0.25, 0.3) is 0 Å². The molecule has 0 aliphatic carbocycles. The molecule has 0 radical (unpaired) electrons. The third-order valence-corrected chi connectivity index (χ3v) is 2.85. The van der Waals surface area contributed by atoms with Crippen LogP contribution in [-0.4, -0.2) is 18.9 Å². The molecule has 2 N–H and O–H groups in total. The summed E-state index contributed by atoms with van der Waals surface area (Å²) in [7, 11) is 0. The van der Waals surface area contributed by atoms with Gasteiger partial charge in [0.2, 0.25) is 0 Å². The fourth-order valence-electron chi connectivity index (χ4n) is 1.83. The van der Waals surface area contributed by atoms with Crippen molar-refractivity contribution in [1.29, 1.82) is 0 Å². The lowest BCUT2D eigenvalue weighted by Gasteiger charge is -2.19. The average Bonchev–Trinajstić information content (AvgIpc) is 2.30. The van der Waals surface area contributed by atoms with Gasteiger partial charge < -0.3 is 10.5 Å². The summed E-state index contributed by atoms with van der Waals surface area (Å²) in [5.74, 6) is 0.824. The van der Waals surface area contributed by atoms with Crippen LogP contribution in [0.2, 0.25) is 0 Å². The number of hydrogen-bond acceptors (Lipinski definition) is 3. The van der Waals surface area contributed by atoms with Gasteiger partial charge in [-0.2, -0.15) is 0 Å². The van der Waals surface area contributed by atoms with E-state index in [1.54, 1.807) is 6.07 Å². The van der Waals surface area contributed by atoms with E-state index in [4.69, 9.17) is 10.5 Å². The molecule has 17 heavy (non-hydrogen) atoms. The average molecular weight is 235 g/mol. The smallest absolute Gasteiger partial charge is 0.171 e. The monoisotopic (exact) mass is 235 g/mol. The maximum Gasteiger partial charge on any atom is 0.171 e. The second-order valence-corrected chi connectivity index (χ2v) is 4.38. The summed E-state index contributed by atoms with van der Waals surface area (Å²) >= 11 is 0. The summed E-state index contributed by atoms with van der Waals surface area (Å²) < 4.78 is 5.47. The van der Waals surface area contributed by atoms with Crippen LogP contribution in [0.5, 0.6) is 5.75 Å². The quantitative estimate of drug-likeness (QED) is 0.771. The number of ether oxygens (including phenoxy) is 1. The van der Waals surface area contributed by atoms with E-state index in [-0.39, 0.29) is 17.6 Å². The summed E-state index contributed by atoms with van der Waals surface area (Å²) in [6.07, 6.45) is 0. The van der Waals surface area contributed by atoms with Crippen molar-refractivity contribution in [2.45, 2.75) is 20.8 Å². The highest BCUT2D eigenvalue weighted by Crippen LogP contribution is 2.24. The van der Waals surface area contributed by atoms with Crippen molar-refractivity contribution in [1.82, 2.24) is 0 Å². The maximum absolute atomic E-state index is 12.4. The minimum atomic E-state index is -0.142. The Kier molecular flexibility index (Phi) is 5.16. The van der Waals surface area contributed by atoms with Crippen LogP contribution in [0.3, 0.4) is 0 Å². The molecule has 94 valence electrons. The van der Waals surface area contributed by atoms with E-state index in [0.717, 1.165) is 0 Å². The maximum atomic E-state index is 12.4. The molecule has 0 aliphatic heterocycles. The van der Waals surface area contributed by atoms with Crippen LogP contribution < -0.4 is 10.5 Å². The van der Waals surface area contributed by atoms with Gasteiger partial charge in [-0.05, 0) is 25.0 Å². The summed E-state index contributed by atoms with van der Waals surface area (Å²) in [6.45, 7) is 6.86. The van der Waals surface area contributed by atoms with Crippen molar-refractivity contribution in [3.63, 3.8) is 0 Å². The van der Waals surface area contributed by atoms with E-state index in [1.807, 2.05) is 39.0 Å². The van der Waals surface area contributed by atoms with Gasteiger partial charge >= 0.3 is 0 Å². The molecule has 1 unspecified atom stereocenters. The van der Waals surface area contributed by atoms with Gasteiger partial charge in [-0.1, -0.05) is 26.0 Å². The standard InChI is InChI=1S/C14H21NO2/c1-4-17-13-8-6-5-7-11(13)14(16)12(9-15)10(2)3/h5-8,10,12H,4,9,15H2,1-3H3. The molecule has 0 fully saturated rings. The zero-order chi connectivity index (χ0) is 12.8. The van der Waals surface area contributed by atoms with Crippen LogP contribution in [0.4, 0.5) is 0 Å². The fraction of sp³-hybridized carbons (Fsp3) is 0.500. The zero-order valence-electron chi connectivity index (χ0n) is 10.8. The van der Waals surface area contributed by atoms with E-state index in [1.165, 1.54) is 0 Å². The highest BCUT2D eigenvalue weighted by Gasteiger charge is 2.24. The zero-order valence-corrected chi connectivity index (χ0v) is 10.8. The molecule has 0 aromatic heterocycles. The Balaban J connectivity index is 3.02. The van der Waals surface area contributed by atoms with Crippen molar-refractivity contribution in [2.75, 3.05) is 13.2 Å². The summed E-state index contributed by atoms with van der Waals surface area (Å²) in [6, 6.07) is 7.35. The van der Waals surface area contributed by atoms with Crippen molar-refractivity contribution in [3.05, 3.63) is 29.8 Å². The molecular weight excluding hydrogens is 214 g/mol. The highest BCUT2D eigenvalue weighted by atomic mass is 16.5. The number of para-hydroxylation sites is 1. The summed E-state index contributed by atoms with van der Waals surface area (Å²) in [5.41, 5.74) is 6.31. The molecule has 0 saturated heterocycles. The molecule has 0 bridgehead atoms. The first-order valence-corrected chi connectivity index (χ1v) is 6.07. The molecule has 0 spiro atoms. The van der Waals surface area contributed by atoms with Gasteiger partial charge in [0, 0.05) is 12.5 Å². The van der Waals surface area contributed by atoms with Crippen molar-refractivity contribution in [3.8, 4) is 5.75 Å². The molecule has 0 aliphatic rings. The Morgan fingerprint density at radius 1 is 1.35 bits per heavy atom. The number of carbonyl (C=O) groups excluding carboxylic acids is 1. The van der Waals surface area contributed by atoms with Crippen LogP contribution in [-0.2, 0) is 0 Å². The normalized spacial score (nSPS) is 12.5. The van der Waals surface area contributed by atoms with Gasteiger partial charge in [-0.3, -0.25) is 4.79 Å². The lowest BCUT2D eigenvalue weighted by molar-refractivity contribution is 0.0888. The largest absolute Gasteiger partial charge is 0.493 e. The molecule has 3 nitrogen and oxygen atoms in total. The Hall–Kier alpha value is -1.35. The van der Waals surface area contributed by atoms with E-state index >= 15 is 0 Å². The Bertz CT molecular complexity index is 374. The fourth-order valence-corrected chi connectivity index (χ4v) is 1.83. The molecule has 1 aromatic carbocycles. The first-order chi connectivity index (χ1) is 8.11. The van der Waals surface area contributed by atoms with Crippen molar-refractivity contribution in [2.24, 2.45) is 17.6 Å². The lowest BCUT2D eigenvalue weighted by Crippen LogP contribution is -2.28. The molecule has 0 heterocycles. The topological polar surface area (TPSA) is 52.3 Å². The van der Waals surface area contributed by atoms with E-state index in [9.17, 15) is 4.79 Å². The van der Waals surface area contributed by atoms with Gasteiger partial charge in [0.1, 0.15) is 5.75 Å². The Morgan fingerprint density at radius 3 is 2.53 bits per heavy atom. The molecule has 0 amide bonds. The number of rotatable bonds is 6. The third kappa shape index (κ3) is 3.30. The number of Topliss-reactive ketones (excluding diaryl/α,β-unsaturated/α-hetero) is 1. The highest BCUT2D eigenvalue weighted by molar-refractivity contribution is 6.00. The minimum absolute atomic E-state index is 0.0755. The number of benzene rings is 1. The number of hydrogen-bond donors (Lipinski definition) is 1. The van der Waals surface area contributed by atoms with Crippen LogP contribution in [0.15, 0.2) is 24.3 Å². The van der Waals surface area contributed by atoms with E-state index in [2.05, 4.69) is 0 Å². The van der Waals surface area contributed by atoms with Gasteiger partial charge in [-0.15, -0.1) is 0 Å². The SMILES string of the molecule is CCOc1ccccc1C(=O)C(CN)C(C)C. The van der Waals surface area contributed by atoms with E-state index < -0.39 is 0 Å². The van der Waals surface area contributed by atoms with Crippen LogP contribution in [0.1, 0.15) is 31.1 Å². The first kappa shape index (κ1) is 13.7. The predicted molar refractivity (Wildman–Crippen MR) is 69.3 cm³/mol. The minimum Gasteiger partial charge on any atom is -0.493 e. The van der Waals surface area contributed by atoms with Crippen LogP contribution in [0, 0.1) is 11.8 Å². The number of nitrogens with two attached hydrogens (primary N) is 1. The Morgan fingerprint density at radius 2 is 2.00 bits per heavy atom. The van der Waals surface area contributed by atoms with Gasteiger partial charge in [-0.25, -0.2) is 0 Å². The molecule has 1 atom stereocenters. The van der Waals surface area contributed by atoms with Gasteiger partial charge in [0.25, 0.3) is 0 Å². The van der Waals surface area contributed by atoms with Crippen LogP contribution >= 0.6 is 0 Å². The molecule has 1 aromatic rings. The predicted octanol–water partition coefficient (Wildman–Crippen LogP) is 2.50. The van der Waals surface area contributed by atoms with Crippen molar-refractivity contribution >= 4 is 5.78 Å². The van der Waals surface area contributed by atoms with Gasteiger partial charge in [0.05, 0.1) is 12.2 Å². The van der Waals surface area contributed by atoms with Gasteiger partial charge in [0.15, 0.2) is 5.78 Å². The second-order valence-electron chi connectivity index (χ2n) is 4.38. The molecule has 1 rings (SSSR count). The molecule has 0 saturated carbocycles. The first-order valence-electron chi connectivity index (χ1n) is 6.07. The molecular formula is C14H21NO2. The third-order valence-electron chi connectivity index (χ3n) is 2.85. The number of carbonyl (C=O) groups is 1. The Labute approximate surface area is 103 Å². The number of ketones is 1. The van der Waals surface area contributed by atoms with E-state index in [0.29, 0.717) is 24.5 Å². The second kappa shape index (κ2) is 6.40.